The van der Waals surface area contributed by atoms with Gasteiger partial charge >= 0.3 is 0 Å². The Kier molecular flexibility index (Phi) is 5.80. The van der Waals surface area contributed by atoms with Gasteiger partial charge in [0, 0.05) is 47.6 Å². The van der Waals surface area contributed by atoms with Gasteiger partial charge in [-0.15, -0.1) is 11.3 Å². The van der Waals surface area contributed by atoms with E-state index in [1.807, 2.05) is 30.3 Å². The second kappa shape index (κ2) is 10.5. The monoisotopic (exact) mass is 655 g/mol. The fourth-order valence-corrected chi connectivity index (χ4v) is 8.69. The van der Waals surface area contributed by atoms with Crippen LogP contribution in [-0.4, -0.2) is 15.0 Å². The molecule has 0 unspecified atom stereocenters. The molecule has 0 atom stereocenters. The van der Waals surface area contributed by atoms with Crippen LogP contribution in [0.3, 0.4) is 0 Å². The van der Waals surface area contributed by atoms with Crippen LogP contribution in [0.15, 0.2) is 156 Å². The fraction of sp³-hybridized carbons (Fsp3) is 0. The van der Waals surface area contributed by atoms with Crippen LogP contribution in [0.5, 0.6) is 0 Å². The van der Waals surface area contributed by atoms with Gasteiger partial charge in [0.15, 0.2) is 17.5 Å². The molecule has 0 amide bonds. The van der Waals surface area contributed by atoms with Crippen LogP contribution >= 0.6 is 11.3 Å². The molecule has 4 nitrogen and oxygen atoms in total. The van der Waals surface area contributed by atoms with E-state index in [2.05, 4.69) is 121 Å². The van der Waals surface area contributed by atoms with Gasteiger partial charge in [-0.1, -0.05) is 121 Å². The van der Waals surface area contributed by atoms with E-state index in [0.717, 1.165) is 38.6 Å². The fourth-order valence-electron chi connectivity index (χ4n) is 7.55. The third kappa shape index (κ3) is 4.14. The molecule has 0 saturated carbocycles. The van der Waals surface area contributed by atoms with Crippen LogP contribution in [0.25, 0.3) is 109 Å². The molecule has 5 heteroatoms. The molecular weight excluding hydrogens is 631 g/mol. The summed E-state index contributed by atoms with van der Waals surface area (Å²) in [6, 6.07) is 53.4. The SMILES string of the molecule is c1ccc2c(c1)ccc1ccc3ccc(-c4nc(-c5ccc6c(c5)sc5ccccc56)nc(-c5cccc6oc7ccccc7c56)n4)cc3c12. The molecule has 50 heavy (non-hydrogen) atoms. The van der Waals surface area contributed by atoms with E-state index in [1.165, 1.54) is 52.5 Å². The Bertz CT molecular complexity index is 3170. The number of nitrogens with zero attached hydrogens (tertiary/aromatic N) is 3. The molecule has 0 aliphatic heterocycles. The normalized spacial score (nSPS) is 12.0. The van der Waals surface area contributed by atoms with Crippen LogP contribution in [0, 0.1) is 0 Å². The maximum Gasteiger partial charge on any atom is 0.164 e. The first-order valence-corrected chi connectivity index (χ1v) is 17.5. The Hall–Kier alpha value is -6.43. The third-order valence-electron chi connectivity index (χ3n) is 9.90. The molecule has 0 aliphatic rings. The molecule has 0 aliphatic carbocycles. The van der Waals surface area contributed by atoms with E-state index in [9.17, 15) is 0 Å². The maximum atomic E-state index is 6.28. The van der Waals surface area contributed by atoms with Crippen LogP contribution in [0.4, 0.5) is 0 Å². The first-order chi connectivity index (χ1) is 24.7. The molecule has 0 saturated heterocycles. The van der Waals surface area contributed by atoms with Crippen LogP contribution in [-0.2, 0) is 0 Å². The van der Waals surface area contributed by atoms with Crippen molar-refractivity contribution in [2.45, 2.75) is 0 Å². The van der Waals surface area contributed by atoms with Crippen molar-refractivity contribution in [1.82, 2.24) is 15.0 Å². The van der Waals surface area contributed by atoms with Gasteiger partial charge in [-0.05, 0) is 62.6 Å². The van der Waals surface area contributed by atoms with E-state index in [0.29, 0.717) is 17.5 Å². The molecule has 11 aromatic rings. The molecule has 0 N–H and O–H groups in total. The first-order valence-electron chi connectivity index (χ1n) is 16.7. The first kappa shape index (κ1) is 27.5. The molecule has 3 heterocycles. The molecule has 0 fully saturated rings. The molecule has 8 aromatic carbocycles. The summed E-state index contributed by atoms with van der Waals surface area (Å²) in [5.41, 5.74) is 4.46. The Morgan fingerprint density at radius 3 is 1.88 bits per heavy atom. The van der Waals surface area contributed by atoms with Crippen molar-refractivity contribution >= 4 is 85.8 Å². The van der Waals surface area contributed by atoms with Gasteiger partial charge in [-0.2, -0.15) is 0 Å². The average Bonchev–Trinajstić information content (AvgIpc) is 3.75. The number of para-hydroxylation sites is 1. The number of hydrogen-bond donors (Lipinski definition) is 0. The second-order valence-corrected chi connectivity index (χ2v) is 13.9. The van der Waals surface area contributed by atoms with Gasteiger partial charge in [0.25, 0.3) is 0 Å². The minimum Gasteiger partial charge on any atom is -0.456 e. The summed E-state index contributed by atoms with van der Waals surface area (Å²) in [5, 5.41) is 11.8. The highest BCUT2D eigenvalue weighted by Crippen LogP contribution is 2.39. The molecule has 11 rings (SSSR count). The third-order valence-corrected chi connectivity index (χ3v) is 11.0. The van der Waals surface area contributed by atoms with Crippen LogP contribution in [0.2, 0.25) is 0 Å². The Labute approximate surface area is 289 Å². The quantitative estimate of drug-likeness (QED) is 0.178. The average molecular weight is 656 g/mol. The molecule has 0 radical (unpaired) electrons. The highest BCUT2D eigenvalue weighted by Gasteiger charge is 2.19. The van der Waals surface area contributed by atoms with Crippen molar-refractivity contribution in [3.8, 4) is 34.2 Å². The van der Waals surface area contributed by atoms with Gasteiger partial charge in [0.1, 0.15) is 11.2 Å². The zero-order valence-electron chi connectivity index (χ0n) is 26.6. The van der Waals surface area contributed by atoms with Gasteiger partial charge in [0.2, 0.25) is 0 Å². The summed E-state index contributed by atoms with van der Waals surface area (Å²) >= 11 is 1.80. The number of benzene rings is 8. The molecule has 0 spiro atoms. The molecule has 3 aromatic heterocycles. The van der Waals surface area contributed by atoms with Crippen molar-refractivity contribution < 1.29 is 4.42 Å². The van der Waals surface area contributed by atoms with E-state index >= 15 is 0 Å². The van der Waals surface area contributed by atoms with Crippen LogP contribution in [0.1, 0.15) is 0 Å². The van der Waals surface area contributed by atoms with Gasteiger partial charge in [0.05, 0.1) is 0 Å². The molecular formula is C45H25N3OS. The summed E-state index contributed by atoms with van der Waals surface area (Å²) in [7, 11) is 0. The smallest absolute Gasteiger partial charge is 0.164 e. The summed E-state index contributed by atoms with van der Waals surface area (Å²) in [5.74, 6) is 1.88. The number of aromatic nitrogens is 3. The van der Waals surface area contributed by atoms with E-state index in [1.54, 1.807) is 11.3 Å². The second-order valence-electron chi connectivity index (χ2n) is 12.8. The lowest BCUT2D eigenvalue weighted by atomic mass is 9.95. The zero-order chi connectivity index (χ0) is 32.8. The lowest BCUT2D eigenvalue weighted by molar-refractivity contribution is 0.669. The Morgan fingerprint density at radius 1 is 0.380 bits per heavy atom. The van der Waals surface area contributed by atoms with Crippen molar-refractivity contribution in [1.29, 1.82) is 0 Å². The van der Waals surface area contributed by atoms with Gasteiger partial charge in [-0.3, -0.25) is 0 Å². The summed E-state index contributed by atoms with van der Waals surface area (Å²) in [6.07, 6.45) is 0. The van der Waals surface area contributed by atoms with Crippen molar-refractivity contribution in [2.75, 3.05) is 0 Å². The van der Waals surface area contributed by atoms with Crippen molar-refractivity contribution in [3.63, 3.8) is 0 Å². The Balaban J connectivity index is 1.19. The van der Waals surface area contributed by atoms with Crippen molar-refractivity contribution in [3.05, 3.63) is 152 Å². The summed E-state index contributed by atoms with van der Waals surface area (Å²) < 4.78 is 8.75. The molecule has 232 valence electrons. The summed E-state index contributed by atoms with van der Waals surface area (Å²) in [4.78, 5) is 15.6. The number of furan rings is 1. The van der Waals surface area contributed by atoms with E-state index in [4.69, 9.17) is 19.4 Å². The van der Waals surface area contributed by atoms with Crippen molar-refractivity contribution in [2.24, 2.45) is 0 Å². The summed E-state index contributed by atoms with van der Waals surface area (Å²) in [6.45, 7) is 0. The topological polar surface area (TPSA) is 51.8 Å². The van der Waals surface area contributed by atoms with Gasteiger partial charge in [-0.25, -0.2) is 15.0 Å². The largest absolute Gasteiger partial charge is 0.456 e. The van der Waals surface area contributed by atoms with Crippen LogP contribution < -0.4 is 0 Å². The molecule has 0 bridgehead atoms. The van der Waals surface area contributed by atoms with Gasteiger partial charge < -0.3 is 4.42 Å². The highest BCUT2D eigenvalue weighted by molar-refractivity contribution is 7.25. The number of rotatable bonds is 3. The Morgan fingerprint density at radius 2 is 1.00 bits per heavy atom. The number of fused-ring (bicyclic) bond motifs is 11. The lowest BCUT2D eigenvalue weighted by Crippen LogP contribution is -2.00. The number of hydrogen-bond acceptors (Lipinski definition) is 5. The lowest BCUT2D eigenvalue weighted by Gasteiger charge is -2.12. The standard InChI is InChI=1S/C45H25N3OS/c1-2-9-31-26(8-1)16-19-28-20-17-27-18-21-29(24-36(27)41(28)31)43-46-44(30-22-23-33-32-10-4-6-15-39(32)50-40(33)25-30)48-45(47-43)35-12-7-14-38-42(35)34-11-3-5-13-37(34)49-38/h1-25H. The zero-order valence-corrected chi connectivity index (χ0v) is 27.4. The highest BCUT2D eigenvalue weighted by atomic mass is 32.1. The predicted molar refractivity (Wildman–Crippen MR) is 209 cm³/mol. The minimum absolute atomic E-state index is 0.613. The minimum atomic E-state index is 0.613. The maximum absolute atomic E-state index is 6.28. The van der Waals surface area contributed by atoms with E-state index in [-0.39, 0.29) is 0 Å². The van der Waals surface area contributed by atoms with E-state index < -0.39 is 0 Å². The number of thiophene rings is 1. The predicted octanol–water partition coefficient (Wildman–Crippen LogP) is 12.6.